The lowest BCUT2D eigenvalue weighted by atomic mass is 9.99. The number of methoxy groups -OCH3 is 2. The number of amides is 1. The molecule has 0 aliphatic carbocycles. The van der Waals surface area contributed by atoms with Gasteiger partial charge in [0.25, 0.3) is 5.91 Å². The topological polar surface area (TPSA) is 112 Å². The molecule has 0 atom stereocenters. The van der Waals surface area contributed by atoms with Crippen LogP contribution in [0.15, 0.2) is 36.5 Å². The maximum Gasteiger partial charge on any atom is 0.276 e. The fourth-order valence-corrected chi connectivity index (χ4v) is 3.97. The molecule has 10 heteroatoms. The molecule has 0 saturated carbocycles. The Morgan fingerprint density at radius 3 is 2.74 bits per heavy atom. The van der Waals surface area contributed by atoms with Gasteiger partial charge in [-0.05, 0) is 48.9 Å². The van der Waals surface area contributed by atoms with Gasteiger partial charge in [0.1, 0.15) is 23.3 Å². The van der Waals surface area contributed by atoms with Crippen LogP contribution in [0.25, 0.3) is 0 Å². The second-order valence-corrected chi connectivity index (χ2v) is 8.18. The van der Waals surface area contributed by atoms with Crippen LogP contribution in [0.4, 0.5) is 17.3 Å². The summed E-state index contributed by atoms with van der Waals surface area (Å²) in [4.78, 5) is 23.8. The summed E-state index contributed by atoms with van der Waals surface area (Å²) in [5, 5.41) is 15.3. The van der Waals surface area contributed by atoms with Crippen molar-refractivity contribution < 1.29 is 14.3 Å². The van der Waals surface area contributed by atoms with Crippen LogP contribution in [-0.4, -0.2) is 48.6 Å². The fourth-order valence-electron chi connectivity index (χ4n) is 3.80. The van der Waals surface area contributed by atoms with Gasteiger partial charge in [0.15, 0.2) is 5.69 Å². The number of hydrogen-bond donors (Lipinski definition) is 2. The number of likely N-dealkylation sites (N-methyl/N-ethyl adjacent to an activating group) is 1. The van der Waals surface area contributed by atoms with Gasteiger partial charge in [-0.25, -0.2) is 9.97 Å². The van der Waals surface area contributed by atoms with Gasteiger partial charge < -0.3 is 25.0 Å². The van der Waals surface area contributed by atoms with Crippen LogP contribution < -0.4 is 20.1 Å². The minimum Gasteiger partial charge on any atom is -0.495 e. The zero-order chi connectivity index (χ0) is 24.2. The molecule has 0 radical (unpaired) electrons. The van der Waals surface area contributed by atoms with Crippen molar-refractivity contribution in [1.82, 2.24) is 14.9 Å². The third-order valence-electron chi connectivity index (χ3n) is 5.54. The maximum absolute atomic E-state index is 13.0. The Balaban J connectivity index is 1.63. The largest absolute Gasteiger partial charge is 0.495 e. The highest BCUT2D eigenvalue weighted by Gasteiger charge is 2.20. The van der Waals surface area contributed by atoms with E-state index in [1.807, 2.05) is 18.2 Å². The molecular weight excluding hydrogens is 456 g/mol. The Labute approximate surface area is 202 Å². The van der Waals surface area contributed by atoms with Crippen LogP contribution in [0.5, 0.6) is 11.5 Å². The van der Waals surface area contributed by atoms with E-state index in [2.05, 4.69) is 32.5 Å². The number of fused-ring (bicyclic) bond motifs is 1. The minimum atomic E-state index is -0.601. The van der Waals surface area contributed by atoms with Gasteiger partial charge >= 0.3 is 0 Å². The molecule has 2 N–H and O–H groups in total. The molecule has 174 valence electrons. The lowest BCUT2D eigenvalue weighted by molar-refractivity contribution is 0.102. The molecule has 1 aliphatic rings. The quantitative estimate of drug-likeness (QED) is 0.546. The zero-order valence-corrected chi connectivity index (χ0v) is 19.7. The molecule has 0 unspecified atom stereocenters. The van der Waals surface area contributed by atoms with Crippen LogP contribution in [-0.2, 0) is 13.0 Å². The van der Waals surface area contributed by atoms with E-state index in [4.69, 9.17) is 21.1 Å². The summed E-state index contributed by atoms with van der Waals surface area (Å²) in [6.07, 6.45) is 2.29. The van der Waals surface area contributed by atoms with Crippen molar-refractivity contribution in [2.24, 2.45) is 0 Å². The Morgan fingerprint density at radius 1 is 1.21 bits per heavy atom. The van der Waals surface area contributed by atoms with Crippen molar-refractivity contribution in [3.05, 3.63) is 63.9 Å². The molecule has 0 fully saturated rings. The van der Waals surface area contributed by atoms with E-state index in [0.29, 0.717) is 17.2 Å². The number of halogens is 1. The predicted molar refractivity (Wildman–Crippen MR) is 129 cm³/mol. The van der Waals surface area contributed by atoms with Crippen LogP contribution in [0.3, 0.4) is 0 Å². The Kier molecular flexibility index (Phi) is 6.82. The lowest BCUT2D eigenvalue weighted by Gasteiger charge is -2.26. The first-order chi connectivity index (χ1) is 16.4. The molecule has 34 heavy (non-hydrogen) atoms. The highest BCUT2D eigenvalue weighted by molar-refractivity contribution is 6.34. The SMILES string of the molecule is COc1cc2c(cc1Nc1ncc(Cl)c(C(=O)Nc3c(C#N)cccc3OC)n1)CN(C)CC2. The van der Waals surface area contributed by atoms with E-state index >= 15 is 0 Å². The molecule has 2 heterocycles. The van der Waals surface area contributed by atoms with E-state index in [9.17, 15) is 10.1 Å². The number of hydrogen-bond acceptors (Lipinski definition) is 8. The van der Waals surface area contributed by atoms with Gasteiger partial charge in [-0.2, -0.15) is 5.26 Å². The van der Waals surface area contributed by atoms with Crippen molar-refractivity contribution in [3.63, 3.8) is 0 Å². The number of ether oxygens (including phenoxy) is 2. The highest BCUT2D eigenvalue weighted by Crippen LogP contribution is 2.33. The number of anilines is 3. The van der Waals surface area contributed by atoms with Gasteiger partial charge in [-0.1, -0.05) is 17.7 Å². The normalized spacial score (nSPS) is 12.9. The van der Waals surface area contributed by atoms with Crippen LogP contribution in [0.1, 0.15) is 27.2 Å². The van der Waals surface area contributed by atoms with E-state index in [0.717, 1.165) is 19.5 Å². The second kappa shape index (κ2) is 9.95. The first-order valence-corrected chi connectivity index (χ1v) is 10.9. The summed E-state index contributed by atoms with van der Waals surface area (Å²) in [6, 6.07) is 10.9. The third kappa shape index (κ3) is 4.73. The number of nitriles is 1. The number of aromatic nitrogens is 2. The van der Waals surface area contributed by atoms with Gasteiger partial charge in [0, 0.05) is 13.1 Å². The molecular formula is C24H23ClN6O3. The summed E-state index contributed by atoms with van der Waals surface area (Å²) in [7, 11) is 5.13. The fraction of sp³-hybridized carbons (Fsp3) is 0.250. The lowest BCUT2D eigenvalue weighted by Crippen LogP contribution is -2.26. The number of rotatable bonds is 6. The van der Waals surface area contributed by atoms with Crippen molar-refractivity contribution in [2.75, 3.05) is 38.4 Å². The Hall–Kier alpha value is -3.87. The highest BCUT2D eigenvalue weighted by atomic mass is 35.5. The summed E-state index contributed by atoms with van der Waals surface area (Å²) in [5.41, 5.74) is 3.54. The number of para-hydroxylation sites is 1. The average molecular weight is 479 g/mol. The minimum absolute atomic E-state index is 0.0503. The van der Waals surface area contributed by atoms with Crippen LogP contribution in [0.2, 0.25) is 5.02 Å². The van der Waals surface area contributed by atoms with Crippen molar-refractivity contribution in [1.29, 1.82) is 5.26 Å². The molecule has 0 saturated heterocycles. The second-order valence-electron chi connectivity index (χ2n) is 7.77. The number of carbonyl (C=O) groups is 1. The molecule has 1 aromatic heterocycles. The van der Waals surface area contributed by atoms with E-state index in [1.54, 1.807) is 25.3 Å². The zero-order valence-electron chi connectivity index (χ0n) is 19.0. The Morgan fingerprint density at radius 2 is 2.00 bits per heavy atom. The number of carbonyl (C=O) groups excluding carboxylic acids is 1. The molecule has 1 amide bonds. The maximum atomic E-state index is 13.0. The van der Waals surface area contributed by atoms with Crippen molar-refractivity contribution in [3.8, 4) is 17.6 Å². The van der Waals surface area contributed by atoms with Crippen LogP contribution >= 0.6 is 11.6 Å². The number of benzene rings is 2. The molecule has 2 aromatic carbocycles. The summed E-state index contributed by atoms with van der Waals surface area (Å²) >= 11 is 6.24. The molecule has 0 bridgehead atoms. The van der Waals surface area contributed by atoms with Gasteiger partial charge in [-0.15, -0.1) is 0 Å². The standard InChI is InChI=1S/C24H23ClN6O3/c1-31-8-7-14-10-20(34-3)18(9-16(14)13-31)28-24-27-12-17(25)22(30-24)23(32)29-21-15(11-26)5-4-6-19(21)33-2/h4-6,9-10,12H,7-8,13H2,1-3H3,(H,29,32)(H,27,28,30). The first-order valence-electron chi connectivity index (χ1n) is 10.5. The molecule has 0 spiro atoms. The van der Waals surface area contributed by atoms with E-state index in [1.165, 1.54) is 24.4 Å². The van der Waals surface area contributed by atoms with Crippen molar-refractivity contribution >= 4 is 34.8 Å². The monoisotopic (exact) mass is 478 g/mol. The van der Waals surface area contributed by atoms with E-state index in [-0.39, 0.29) is 27.9 Å². The van der Waals surface area contributed by atoms with Gasteiger partial charge in [0.05, 0.1) is 36.7 Å². The molecule has 4 rings (SSSR count). The average Bonchev–Trinajstić information content (AvgIpc) is 2.84. The number of nitrogens with one attached hydrogen (secondary N) is 2. The number of nitrogens with zero attached hydrogens (tertiary/aromatic N) is 4. The molecule has 9 nitrogen and oxygen atoms in total. The van der Waals surface area contributed by atoms with Crippen molar-refractivity contribution in [2.45, 2.75) is 13.0 Å². The third-order valence-corrected chi connectivity index (χ3v) is 5.81. The summed E-state index contributed by atoms with van der Waals surface area (Å²) in [6.45, 7) is 1.81. The van der Waals surface area contributed by atoms with Gasteiger partial charge in [0.2, 0.25) is 5.95 Å². The predicted octanol–water partition coefficient (Wildman–Crippen LogP) is 4.00. The van der Waals surface area contributed by atoms with E-state index < -0.39 is 5.91 Å². The smallest absolute Gasteiger partial charge is 0.276 e. The summed E-state index contributed by atoms with van der Waals surface area (Å²) < 4.78 is 10.8. The molecule has 3 aromatic rings. The summed E-state index contributed by atoms with van der Waals surface area (Å²) in [5.74, 6) is 0.577. The Bertz CT molecular complexity index is 1290. The molecule has 1 aliphatic heterocycles. The first kappa shape index (κ1) is 23.3. The van der Waals surface area contributed by atoms with Crippen LogP contribution in [0, 0.1) is 11.3 Å². The van der Waals surface area contributed by atoms with Gasteiger partial charge in [-0.3, -0.25) is 4.79 Å².